The molecule has 3 N–H and O–H groups in total. The van der Waals surface area contributed by atoms with E-state index in [0.717, 1.165) is 65.0 Å². The first-order chi connectivity index (χ1) is 32.4. The lowest BCUT2D eigenvalue weighted by Crippen LogP contribution is -2.36. The van der Waals surface area contributed by atoms with Gasteiger partial charge in [0.1, 0.15) is 0 Å². The highest BCUT2D eigenvalue weighted by Gasteiger charge is 2.12. The summed E-state index contributed by atoms with van der Waals surface area (Å²) in [7, 11) is 2.10. The summed E-state index contributed by atoms with van der Waals surface area (Å²) < 4.78 is 0. The van der Waals surface area contributed by atoms with Crippen molar-refractivity contribution in [2.75, 3.05) is 59.4 Å². The fourth-order valence-corrected chi connectivity index (χ4v) is 9.20. The van der Waals surface area contributed by atoms with Crippen LogP contribution in [0.5, 0.6) is 0 Å². The Morgan fingerprint density at radius 1 is 0.273 bits per heavy atom. The second-order valence-electron chi connectivity index (χ2n) is 20.5. The maximum absolute atomic E-state index is 12.8. The molecule has 3 amide bonds. The Morgan fingerprint density at radius 2 is 0.500 bits per heavy atom. The molecule has 392 valence electrons. The zero-order chi connectivity index (χ0) is 48.1. The van der Waals surface area contributed by atoms with Gasteiger partial charge in [-0.25, -0.2) is 0 Å². The number of rotatable bonds is 55. The van der Waals surface area contributed by atoms with Gasteiger partial charge in [-0.2, -0.15) is 0 Å². The Kier molecular flexibility index (Phi) is 52.9. The average Bonchev–Trinajstić information content (AvgIpc) is 3.31. The lowest BCUT2D eigenvalue weighted by molar-refractivity contribution is -0.122. The standard InChI is InChI=1S/C58H117N5O3/c1-5-8-11-14-17-20-23-26-29-32-35-38-41-48-59-56(64)45-53-62(4)51-44-52-63(54-46-57(65)60-49-42-39-36-33-30-27-24-21-18-15-12-9-6-2)55-47-58(66)61-50-43-40-37-34-31-28-25-22-19-16-13-10-7-3/h5-55H2,1-4H3,(H,59,64)(H,60,65)(H,61,66). The van der Waals surface area contributed by atoms with Gasteiger partial charge in [0.05, 0.1) is 0 Å². The van der Waals surface area contributed by atoms with E-state index in [1.54, 1.807) is 0 Å². The molecule has 66 heavy (non-hydrogen) atoms. The molecule has 0 saturated carbocycles. The number of unbranched alkanes of at least 4 members (excludes halogenated alkanes) is 36. The van der Waals surface area contributed by atoms with E-state index in [1.807, 2.05) is 0 Å². The monoisotopic (exact) mass is 932 g/mol. The molecular weight excluding hydrogens is 815 g/mol. The van der Waals surface area contributed by atoms with E-state index in [2.05, 4.69) is 53.6 Å². The van der Waals surface area contributed by atoms with Crippen molar-refractivity contribution < 1.29 is 14.4 Å². The molecule has 0 aliphatic heterocycles. The molecule has 0 bridgehead atoms. The minimum atomic E-state index is 0.118. The molecule has 0 atom stereocenters. The maximum Gasteiger partial charge on any atom is 0.221 e. The molecule has 0 rings (SSSR count). The number of carbonyl (C=O) groups is 3. The lowest BCUT2D eigenvalue weighted by Gasteiger charge is -2.24. The molecular formula is C58H117N5O3. The minimum Gasteiger partial charge on any atom is -0.356 e. The number of nitrogens with one attached hydrogen (secondary N) is 3. The fourth-order valence-electron chi connectivity index (χ4n) is 9.20. The van der Waals surface area contributed by atoms with Crippen LogP contribution in [0.4, 0.5) is 0 Å². The van der Waals surface area contributed by atoms with Crippen LogP contribution in [0.25, 0.3) is 0 Å². The predicted octanol–water partition coefficient (Wildman–Crippen LogP) is 15.4. The second kappa shape index (κ2) is 54.3. The van der Waals surface area contributed by atoms with Crippen LogP contribution in [-0.2, 0) is 14.4 Å². The van der Waals surface area contributed by atoms with Gasteiger partial charge in [-0.1, -0.05) is 252 Å². The van der Waals surface area contributed by atoms with Crippen LogP contribution in [0.2, 0.25) is 0 Å². The van der Waals surface area contributed by atoms with Gasteiger partial charge in [-0.05, 0) is 45.8 Å². The molecule has 0 aliphatic rings. The molecule has 0 fully saturated rings. The van der Waals surface area contributed by atoms with Gasteiger partial charge in [-0.15, -0.1) is 0 Å². The third-order valence-electron chi connectivity index (χ3n) is 13.9. The minimum absolute atomic E-state index is 0.118. The van der Waals surface area contributed by atoms with Gasteiger partial charge in [-0.3, -0.25) is 14.4 Å². The van der Waals surface area contributed by atoms with Gasteiger partial charge in [0.15, 0.2) is 0 Å². The van der Waals surface area contributed by atoms with Crippen molar-refractivity contribution in [2.24, 2.45) is 0 Å². The van der Waals surface area contributed by atoms with Gasteiger partial charge >= 0.3 is 0 Å². The van der Waals surface area contributed by atoms with Gasteiger partial charge in [0.25, 0.3) is 0 Å². The summed E-state index contributed by atoms with van der Waals surface area (Å²) in [5, 5.41) is 9.47. The van der Waals surface area contributed by atoms with Crippen molar-refractivity contribution in [1.82, 2.24) is 25.8 Å². The molecule has 0 saturated heterocycles. The molecule has 8 nitrogen and oxygen atoms in total. The first kappa shape index (κ1) is 64.3. The SMILES string of the molecule is CCCCCCCCCCCCCCCNC(=O)CCN(C)CCCN(CCC(=O)NCCCCCCCCCCCCCCC)CCC(=O)NCCCCCCCCCCCCCCC. The largest absolute Gasteiger partial charge is 0.356 e. The van der Waals surface area contributed by atoms with E-state index in [4.69, 9.17) is 0 Å². The van der Waals surface area contributed by atoms with E-state index < -0.39 is 0 Å². The van der Waals surface area contributed by atoms with E-state index in [1.165, 1.54) is 231 Å². The maximum atomic E-state index is 12.8. The second-order valence-corrected chi connectivity index (χ2v) is 20.5. The summed E-state index contributed by atoms with van der Waals surface area (Å²) in [5.74, 6) is 0.387. The summed E-state index contributed by atoms with van der Waals surface area (Å²) in [6, 6.07) is 0. The molecule has 0 aliphatic carbocycles. The van der Waals surface area contributed by atoms with Gasteiger partial charge in [0.2, 0.25) is 17.7 Å². The van der Waals surface area contributed by atoms with Crippen LogP contribution >= 0.6 is 0 Å². The third kappa shape index (κ3) is 51.7. The van der Waals surface area contributed by atoms with Crippen LogP contribution in [0.1, 0.15) is 297 Å². The zero-order valence-electron chi connectivity index (χ0n) is 45.2. The summed E-state index contributed by atoms with van der Waals surface area (Å²) in [6.45, 7) is 13.0. The van der Waals surface area contributed by atoms with Crippen molar-refractivity contribution in [3.63, 3.8) is 0 Å². The van der Waals surface area contributed by atoms with Crippen molar-refractivity contribution in [3.05, 3.63) is 0 Å². The Morgan fingerprint density at radius 3 is 0.758 bits per heavy atom. The van der Waals surface area contributed by atoms with Gasteiger partial charge in [0, 0.05) is 58.5 Å². The Bertz CT molecular complexity index is 963. The van der Waals surface area contributed by atoms with Crippen molar-refractivity contribution in [2.45, 2.75) is 297 Å². The van der Waals surface area contributed by atoms with Crippen LogP contribution in [-0.4, -0.2) is 86.9 Å². The van der Waals surface area contributed by atoms with Crippen LogP contribution in [0.3, 0.4) is 0 Å². The van der Waals surface area contributed by atoms with E-state index >= 15 is 0 Å². The topological polar surface area (TPSA) is 93.8 Å². The highest BCUT2D eigenvalue weighted by atomic mass is 16.2. The van der Waals surface area contributed by atoms with E-state index in [9.17, 15) is 14.4 Å². The van der Waals surface area contributed by atoms with Gasteiger partial charge < -0.3 is 25.8 Å². The molecule has 0 spiro atoms. The predicted molar refractivity (Wildman–Crippen MR) is 289 cm³/mol. The smallest absolute Gasteiger partial charge is 0.221 e. The summed E-state index contributed by atoms with van der Waals surface area (Å²) in [6.07, 6.45) is 54.3. The van der Waals surface area contributed by atoms with E-state index in [-0.39, 0.29) is 17.7 Å². The van der Waals surface area contributed by atoms with Crippen molar-refractivity contribution in [3.8, 4) is 0 Å². The number of carbonyl (C=O) groups excluding carboxylic acids is 3. The molecule has 0 aromatic carbocycles. The summed E-state index contributed by atoms with van der Waals surface area (Å²) in [5.41, 5.74) is 0. The molecule has 0 aromatic rings. The quantitative estimate of drug-likeness (QED) is 0.0528. The van der Waals surface area contributed by atoms with Crippen LogP contribution in [0, 0.1) is 0 Å². The molecule has 0 unspecified atom stereocenters. The zero-order valence-corrected chi connectivity index (χ0v) is 45.2. The molecule has 0 heterocycles. The lowest BCUT2D eigenvalue weighted by atomic mass is 10.0. The molecule has 8 heteroatoms. The van der Waals surface area contributed by atoms with Crippen LogP contribution < -0.4 is 16.0 Å². The Balaban J connectivity index is 4.35. The van der Waals surface area contributed by atoms with E-state index in [0.29, 0.717) is 32.4 Å². The summed E-state index contributed by atoms with van der Waals surface area (Å²) in [4.78, 5) is 42.8. The molecule has 0 radical (unpaired) electrons. The molecule has 0 aromatic heterocycles. The average molecular weight is 933 g/mol. The number of nitrogens with zero attached hydrogens (tertiary/aromatic N) is 2. The highest BCUT2D eigenvalue weighted by molar-refractivity contribution is 5.77. The normalized spacial score (nSPS) is 11.5. The number of hydrogen-bond acceptors (Lipinski definition) is 5. The van der Waals surface area contributed by atoms with Crippen molar-refractivity contribution in [1.29, 1.82) is 0 Å². The Hall–Kier alpha value is -1.67. The Labute approximate surface area is 412 Å². The first-order valence-corrected chi connectivity index (χ1v) is 29.6. The van der Waals surface area contributed by atoms with Crippen LogP contribution in [0.15, 0.2) is 0 Å². The summed E-state index contributed by atoms with van der Waals surface area (Å²) >= 11 is 0. The number of amides is 3. The fraction of sp³-hybridized carbons (Fsp3) is 0.948. The third-order valence-corrected chi connectivity index (χ3v) is 13.9. The number of hydrogen-bond donors (Lipinski definition) is 3. The first-order valence-electron chi connectivity index (χ1n) is 29.6. The highest BCUT2D eigenvalue weighted by Crippen LogP contribution is 2.15. The van der Waals surface area contributed by atoms with Crippen molar-refractivity contribution >= 4 is 17.7 Å².